The van der Waals surface area contributed by atoms with Crippen LogP contribution in [0.15, 0.2) is 97.2 Å². The fourth-order valence-electron chi connectivity index (χ4n) is 9.17. The number of phosphoric ester groups is 1. The van der Waals surface area contributed by atoms with Gasteiger partial charge in [-0.1, -0.05) is 260 Å². The first kappa shape index (κ1) is 76.9. The Morgan fingerprint density at radius 1 is 0.450 bits per heavy atom. The minimum Gasteiger partial charge on any atom is -0.756 e. The van der Waals surface area contributed by atoms with Gasteiger partial charge in [0, 0.05) is 12.8 Å². The summed E-state index contributed by atoms with van der Waals surface area (Å²) >= 11 is 0. The van der Waals surface area contributed by atoms with Crippen molar-refractivity contribution in [1.29, 1.82) is 0 Å². The van der Waals surface area contributed by atoms with E-state index in [1.807, 2.05) is 33.3 Å². The molecule has 0 fully saturated rings. The Labute approximate surface area is 494 Å². The summed E-state index contributed by atoms with van der Waals surface area (Å²) in [5, 5.41) is 3.03. The Morgan fingerprint density at radius 3 is 1.23 bits per heavy atom. The zero-order valence-electron chi connectivity index (χ0n) is 52.8. The summed E-state index contributed by atoms with van der Waals surface area (Å²) in [4.78, 5) is 40.0. The molecule has 3 unspecified atom stereocenters. The van der Waals surface area contributed by atoms with Crippen LogP contribution < -0.4 is 10.2 Å². The van der Waals surface area contributed by atoms with Crippen molar-refractivity contribution in [2.45, 2.75) is 296 Å². The van der Waals surface area contributed by atoms with Gasteiger partial charge in [-0.05, 0) is 109 Å². The number of esters is 1. The molecule has 0 heterocycles. The van der Waals surface area contributed by atoms with Gasteiger partial charge in [0.25, 0.3) is 7.82 Å². The molecule has 0 spiro atoms. The first-order valence-corrected chi connectivity index (χ1v) is 34.5. The van der Waals surface area contributed by atoms with E-state index in [2.05, 4.69) is 111 Å². The smallest absolute Gasteiger partial charge is 0.306 e. The average Bonchev–Trinajstić information content (AvgIpc) is 3.42. The molecule has 0 aliphatic rings. The highest BCUT2D eigenvalue weighted by Crippen LogP contribution is 2.38. The van der Waals surface area contributed by atoms with E-state index in [9.17, 15) is 19.0 Å². The van der Waals surface area contributed by atoms with Crippen LogP contribution in [-0.4, -0.2) is 69.4 Å². The monoisotopic (exact) mass is 1140 g/mol. The Balaban J connectivity index is 5.16. The number of rotatable bonds is 59. The van der Waals surface area contributed by atoms with Crippen molar-refractivity contribution in [3.63, 3.8) is 0 Å². The maximum atomic E-state index is 13.6. The first-order valence-electron chi connectivity index (χ1n) is 33.0. The van der Waals surface area contributed by atoms with E-state index >= 15 is 0 Å². The van der Waals surface area contributed by atoms with Gasteiger partial charge in [0.2, 0.25) is 5.91 Å². The van der Waals surface area contributed by atoms with Gasteiger partial charge in [-0.2, -0.15) is 0 Å². The molecule has 0 bridgehead atoms. The number of likely N-dealkylation sites (N-methyl/N-ethyl adjacent to an activating group) is 1. The van der Waals surface area contributed by atoms with E-state index in [0.29, 0.717) is 23.9 Å². The second-order valence-corrected chi connectivity index (χ2v) is 24.6. The van der Waals surface area contributed by atoms with Gasteiger partial charge in [-0.25, -0.2) is 0 Å². The van der Waals surface area contributed by atoms with Crippen LogP contribution in [0.3, 0.4) is 0 Å². The van der Waals surface area contributed by atoms with Crippen LogP contribution in [0, 0.1) is 0 Å². The van der Waals surface area contributed by atoms with Gasteiger partial charge in [-0.3, -0.25) is 14.2 Å². The van der Waals surface area contributed by atoms with Crippen LogP contribution in [0.4, 0.5) is 0 Å². The molecule has 0 aliphatic carbocycles. The van der Waals surface area contributed by atoms with Crippen molar-refractivity contribution >= 4 is 19.7 Å². The van der Waals surface area contributed by atoms with Gasteiger partial charge < -0.3 is 28.5 Å². The van der Waals surface area contributed by atoms with Crippen molar-refractivity contribution in [2.75, 3.05) is 40.9 Å². The Bertz CT molecular complexity index is 1690. The lowest BCUT2D eigenvalue weighted by molar-refractivity contribution is -0.870. The molecular weight excluding hydrogens is 1010 g/mol. The predicted octanol–water partition coefficient (Wildman–Crippen LogP) is 20.1. The lowest BCUT2D eigenvalue weighted by atomic mass is 10.0. The van der Waals surface area contributed by atoms with E-state index in [1.54, 1.807) is 0 Å². The fourth-order valence-corrected chi connectivity index (χ4v) is 9.89. The number of unbranched alkanes of at least 4 members (excludes halogenated alkanes) is 29. The molecule has 9 nitrogen and oxygen atoms in total. The Hall–Kier alpha value is -3.07. The average molecular weight is 1140 g/mol. The van der Waals surface area contributed by atoms with Crippen molar-refractivity contribution in [3.05, 3.63) is 97.2 Å². The topological polar surface area (TPSA) is 114 Å². The van der Waals surface area contributed by atoms with E-state index < -0.39 is 26.6 Å². The first-order chi connectivity index (χ1) is 38.9. The third kappa shape index (κ3) is 59.5. The second kappa shape index (κ2) is 59.1. The number of hydrogen-bond acceptors (Lipinski definition) is 7. The second-order valence-electron chi connectivity index (χ2n) is 23.2. The normalized spacial score (nSPS) is 14.2. The molecule has 3 atom stereocenters. The van der Waals surface area contributed by atoms with Crippen molar-refractivity contribution < 1.29 is 37.3 Å². The Morgan fingerprint density at radius 2 is 0.800 bits per heavy atom. The molecule has 0 aromatic heterocycles. The van der Waals surface area contributed by atoms with Crippen molar-refractivity contribution in [2.24, 2.45) is 0 Å². The third-order valence-electron chi connectivity index (χ3n) is 14.2. The Kier molecular flexibility index (Phi) is 56.8. The summed E-state index contributed by atoms with van der Waals surface area (Å²) in [5.41, 5.74) is 0. The number of amides is 1. The van der Waals surface area contributed by atoms with Gasteiger partial charge in [0.1, 0.15) is 19.3 Å². The molecule has 1 N–H and O–H groups in total. The number of nitrogens with zero attached hydrogens (tertiary/aromatic N) is 1. The largest absolute Gasteiger partial charge is 0.756 e. The molecule has 80 heavy (non-hydrogen) atoms. The van der Waals surface area contributed by atoms with E-state index in [4.69, 9.17) is 13.8 Å². The zero-order chi connectivity index (χ0) is 58.6. The number of phosphoric acid groups is 1. The van der Waals surface area contributed by atoms with Gasteiger partial charge in [0.15, 0.2) is 0 Å². The molecule has 0 rings (SSSR count). The van der Waals surface area contributed by atoms with Gasteiger partial charge >= 0.3 is 5.97 Å². The molecule has 462 valence electrons. The number of carbonyl (C=O) groups excluding carboxylic acids is 2. The summed E-state index contributed by atoms with van der Waals surface area (Å²) < 4.78 is 30.3. The van der Waals surface area contributed by atoms with Crippen LogP contribution in [0.1, 0.15) is 284 Å². The van der Waals surface area contributed by atoms with Gasteiger partial charge in [-0.15, -0.1) is 0 Å². The number of allylic oxidation sites excluding steroid dienone is 15. The molecular formula is C70H125N2O7P. The van der Waals surface area contributed by atoms with Crippen molar-refractivity contribution in [1.82, 2.24) is 5.32 Å². The molecule has 0 aliphatic heterocycles. The molecule has 10 heteroatoms. The quantitative estimate of drug-likeness (QED) is 0.0212. The molecule has 0 saturated carbocycles. The van der Waals surface area contributed by atoms with Crippen LogP contribution in [0.2, 0.25) is 0 Å². The van der Waals surface area contributed by atoms with E-state index in [0.717, 1.165) is 116 Å². The van der Waals surface area contributed by atoms with Crippen LogP contribution >= 0.6 is 7.82 Å². The number of hydrogen-bond donors (Lipinski definition) is 1. The molecule has 0 radical (unpaired) electrons. The highest BCUT2D eigenvalue weighted by Gasteiger charge is 2.27. The van der Waals surface area contributed by atoms with Crippen molar-refractivity contribution in [3.8, 4) is 0 Å². The van der Waals surface area contributed by atoms with Crippen LogP contribution in [-0.2, 0) is 27.9 Å². The predicted molar refractivity (Wildman–Crippen MR) is 344 cm³/mol. The standard InChI is InChI=1S/C70H125N2O7P/c1-7-10-13-16-19-22-25-28-30-31-32-33-34-35-36-37-38-39-40-41-42-44-47-50-53-56-59-62-69(73)71-67(66-78-80(75,76)77-65-64-72(4,5)6)68(61-58-55-52-49-46-43-27-24-21-18-15-12-9-3)79-70(74)63-60-57-54-51-48-45-29-26-23-20-17-14-11-8-2/h10,13,19,22,28,30,32-33,35-36,38-39,45,48,58,61,67-68H,7-9,11-12,14-18,20-21,23-27,29,31,34,37,40-44,46-47,49-57,59-60,62-66H2,1-6H3,(H-,71,73,75,76)/b13-10-,22-19-,30-28-,33-32-,36-35-,39-38-,48-45-,61-58-. The third-order valence-corrected chi connectivity index (χ3v) is 15.2. The summed E-state index contributed by atoms with van der Waals surface area (Å²) in [6, 6.07) is -0.904. The maximum Gasteiger partial charge on any atom is 0.306 e. The lowest BCUT2D eigenvalue weighted by Gasteiger charge is -2.30. The lowest BCUT2D eigenvalue weighted by Crippen LogP contribution is -2.47. The SMILES string of the molecule is CC/C=C\C/C=C\C/C=C\C/C=C\C/C=C\C/C=C\CCCCCCCCCCC(=O)NC(COP(=O)([O-])OCC[N+](C)(C)C)C(/C=C\CCCCCCCCCCCCC)OC(=O)CCCCC/C=C\CCCCCCCCC. The highest BCUT2D eigenvalue weighted by molar-refractivity contribution is 7.45. The minimum atomic E-state index is -4.71. The van der Waals surface area contributed by atoms with Gasteiger partial charge in [0.05, 0.1) is 33.8 Å². The van der Waals surface area contributed by atoms with Crippen LogP contribution in [0.5, 0.6) is 0 Å². The summed E-state index contributed by atoms with van der Waals surface area (Å²) in [6.07, 6.45) is 79.5. The fraction of sp³-hybridized carbons (Fsp3) is 0.743. The molecule has 0 aromatic carbocycles. The molecule has 1 amide bonds. The summed E-state index contributed by atoms with van der Waals surface area (Å²) in [6.45, 7) is 6.72. The van der Waals surface area contributed by atoms with E-state index in [-0.39, 0.29) is 24.9 Å². The van der Waals surface area contributed by atoms with E-state index in [1.165, 1.54) is 128 Å². The minimum absolute atomic E-state index is 0.0299. The number of nitrogens with one attached hydrogen (secondary N) is 1. The van der Waals surface area contributed by atoms with Crippen LogP contribution in [0.25, 0.3) is 0 Å². The number of carbonyl (C=O) groups is 2. The highest BCUT2D eigenvalue weighted by atomic mass is 31.2. The summed E-state index contributed by atoms with van der Waals surface area (Å²) in [5.74, 6) is -0.569. The maximum absolute atomic E-state index is 13.6. The summed E-state index contributed by atoms with van der Waals surface area (Å²) in [7, 11) is 1.16. The zero-order valence-corrected chi connectivity index (χ0v) is 53.7. The number of ether oxygens (including phenoxy) is 1. The molecule has 0 saturated heterocycles. The number of quaternary nitrogens is 1. The molecule has 0 aromatic rings.